The molecule has 0 amide bonds. The Labute approximate surface area is 76.5 Å². The number of hydrogen-bond acceptors (Lipinski definition) is 4. The molecule has 0 aromatic carbocycles. The third-order valence-corrected chi connectivity index (χ3v) is 0.676. The minimum absolute atomic E-state index is 0.733. The fraction of sp³-hybridized carbons (Fsp3) is 0.875. The lowest BCUT2D eigenvalue weighted by atomic mass is 10.3. The number of aldehydes is 1. The maximum absolute atomic E-state index is 9.56. The Kier molecular flexibility index (Phi) is 143. The van der Waals surface area contributed by atoms with Gasteiger partial charge in [0.25, 0.3) is 0 Å². The summed E-state index contributed by atoms with van der Waals surface area (Å²) in [6.45, 7) is 2.07. The molecule has 0 unspecified atom stereocenters. The van der Waals surface area contributed by atoms with Gasteiger partial charge in [0.05, 0.1) is 0 Å². The number of carbonyl (C=O) groups excluding carboxylic acids is 1. The highest BCUT2D eigenvalue weighted by atomic mass is 16.1. The minimum atomic E-state index is 0.733. The normalized spacial score (nSPS) is 5.58. The molecule has 12 heavy (non-hydrogen) atoms. The predicted molar refractivity (Wildman–Crippen MR) is 55.9 cm³/mol. The van der Waals surface area contributed by atoms with E-state index in [9.17, 15) is 4.79 Å². The van der Waals surface area contributed by atoms with E-state index in [0.29, 0.717) is 0 Å². The van der Waals surface area contributed by atoms with E-state index in [0.717, 1.165) is 25.5 Å². The lowest BCUT2D eigenvalue weighted by Crippen LogP contribution is -1.70. The summed E-state index contributed by atoms with van der Waals surface area (Å²) in [5, 5.41) is 0. The molecule has 0 aromatic rings. The maximum Gasteiger partial charge on any atom is 0.119 e. The van der Waals surface area contributed by atoms with Crippen LogP contribution in [0.1, 0.15) is 26.2 Å². The molecular weight excluding hydrogens is 154 g/mol. The van der Waals surface area contributed by atoms with Crippen molar-refractivity contribution in [1.29, 1.82) is 0 Å². The van der Waals surface area contributed by atoms with Crippen molar-refractivity contribution in [2.75, 3.05) is 21.1 Å². The van der Waals surface area contributed by atoms with Crippen molar-refractivity contribution in [2.45, 2.75) is 26.2 Å². The third-order valence-electron chi connectivity index (χ3n) is 0.676. The van der Waals surface area contributed by atoms with Gasteiger partial charge in [-0.05, 0) is 27.6 Å². The summed E-state index contributed by atoms with van der Waals surface area (Å²) in [6.07, 6.45) is 3.86. The highest BCUT2D eigenvalue weighted by Crippen LogP contribution is 1.87. The lowest BCUT2D eigenvalue weighted by molar-refractivity contribution is -0.107. The number of unbranched alkanes of at least 4 members (excludes halogenated alkanes) is 2. The zero-order valence-corrected chi connectivity index (χ0v) is 8.84. The van der Waals surface area contributed by atoms with Gasteiger partial charge in [-0.1, -0.05) is 13.3 Å². The molecule has 4 heteroatoms. The molecule has 78 valence electrons. The van der Waals surface area contributed by atoms with Gasteiger partial charge < -0.3 is 22.0 Å². The minimum Gasteiger partial charge on any atom is -0.333 e. The number of nitrogens with two attached hydrogens (primary N) is 3. The van der Waals surface area contributed by atoms with Crippen LogP contribution in [-0.4, -0.2) is 27.4 Å². The molecule has 0 rings (SSSR count). The molecule has 4 nitrogen and oxygen atoms in total. The Morgan fingerprint density at radius 1 is 1.00 bits per heavy atom. The molecule has 0 aromatic heterocycles. The fourth-order valence-electron chi connectivity index (χ4n) is 0.287. The summed E-state index contributed by atoms with van der Waals surface area (Å²) in [5.41, 5.74) is 13.5. The van der Waals surface area contributed by atoms with Crippen LogP contribution >= 0.6 is 0 Å². The monoisotopic (exact) mass is 179 g/mol. The Bertz CT molecular complexity index is 43.3. The van der Waals surface area contributed by atoms with E-state index in [1.54, 1.807) is 0 Å². The van der Waals surface area contributed by atoms with Crippen molar-refractivity contribution < 1.29 is 4.79 Å². The van der Waals surface area contributed by atoms with E-state index in [4.69, 9.17) is 0 Å². The zero-order chi connectivity index (χ0) is 10.8. The summed E-state index contributed by atoms with van der Waals surface area (Å²) in [4.78, 5) is 9.56. The Balaban J connectivity index is -0.0000000453. The van der Waals surface area contributed by atoms with Gasteiger partial charge in [0, 0.05) is 6.42 Å². The third kappa shape index (κ3) is 107. The molecular formula is C8H25N3O. The standard InChI is InChI=1S/C5H10O.3CH5N/c1-2-3-4-5-6;3*1-2/h5H,2-4H2,1H3;3*2H2,1H3. The van der Waals surface area contributed by atoms with Gasteiger partial charge in [-0.2, -0.15) is 0 Å². The first kappa shape index (κ1) is 22.6. The van der Waals surface area contributed by atoms with Crippen LogP contribution in [0.4, 0.5) is 0 Å². The van der Waals surface area contributed by atoms with E-state index >= 15 is 0 Å². The van der Waals surface area contributed by atoms with Gasteiger partial charge in [0.15, 0.2) is 0 Å². The Morgan fingerprint density at radius 2 is 1.33 bits per heavy atom. The van der Waals surface area contributed by atoms with Crippen LogP contribution in [0.15, 0.2) is 0 Å². The van der Waals surface area contributed by atoms with E-state index in [1.807, 2.05) is 0 Å². The van der Waals surface area contributed by atoms with Crippen molar-refractivity contribution in [3.63, 3.8) is 0 Å². The number of carbonyl (C=O) groups is 1. The van der Waals surface area contributed by atoms with E-state index in [2.05, 4.69) is 24.1 Å². The Morgan fingerprint density at radius 3 is 1.42 bits per heavy atom. The van der Waals surface area contributed by atoms with Gasteiger partial charge in [-0.15, -0.1) is 0 Å². The molecule has 0 atom stereocenters. The van der Waals surface area contributed by atoms with Crippen LogP contribution in [0.25, 0.3) is 0 Å². The SMILES string of the molecule is CCCCC=O.CN.CN.CN. The van der Waals surface area contributed by atoms with E-state index < -0.39 is 0 Å². The molecule has 0 saturated heterocycles. The summed E-state index contributed by atoms with van der Waals surface area (Å²) >= 11 is 0. The van der Waals surface area contributed by atoms with Crippen LogP contribution in [0.5, 0.6) is 0 Å². The molecule has 0 spiro atoms. The average molecular weight is 179 g/mol. The van der Waals surface area contributed by atoms with Gasteiger partial charge in [-0.25, -0.2) is 0 Å². The second kappa shape index (κ2) is 76.3. The van der Waals surface area contributed by atoms with Gasteiger partial charge in [-0.3, -0.25) is 0 Å². The van der Waals surface area contributed by atoms with E-state index in [1.165, 1.54) is 21.1 Å². The molecule has 0 radical (unpaired) electrons. The summed E-state index contributed by atoms with van der Waals surface area (Å²) in [6, 6.07) is 0. The van der Waals surface area contributed by atoms with Crippen molar-refractivity contribution in [1.82, 2.24) is 0 Å². The summed E-state index contributed by atoms with van der Waals surface area (Å²) in [7, 11) is 4.50. The highest BCUT2D eigenvalue weighted by Gasteiger charge is 1.74. The molecule has 0 heterocycles. The van der Waals surface area contributed by atoms with E-state index in [-0.39, 0.29) is 0 Å². The largest absolute Gasteiger partial charge is 0.333 e. The molecule has 6 N–H and O–H groups in total. The molecule has 0 fully saturated rings. The first-order chi connectivity index (χ1) is 5.91. The van der Waals surface area contributed by atoms with Crippen molar-refractivity contribution in [2.24, 2.45) is 17.2 Å². The van der Waals surface area contributed by atoms with Crippen LogP contribution in [-0.2, 0) is 4.79 Å². The first-order valence-corrected chi connectivity index (χ1v) is 4.08. The second-order valence-corrected chi connectivity index (χ2v) is 1.31. The molecule has 0 bridgehead atoms. The number of hydrogen-bond donors (Lipinski definition) is 3. The van der Waals surface area contributed by atoms with Gasteiger partial charge >= 0.3 is 0 Å². The summed E-state index contributed by atoms with van der Waals surface area (Å²) < 4.78 is 0. The Hall–Kier alpha value is -0.450. The smallest absolute Gasteiger partial charge is 0.119 e. The van der Waals surface area contributed by atoms with Crippen LogP contribution in [0.2, 0.25) is 0 Å². The molecule has 0 aliphatic rings. The topological polar surface area (TPSA) is 95.1 Å². The first-order valence-electron chi connectivity index (χ1n) is 4.08. The van der Waals surface area contributed by atoms with Crippen LogP contribution in [0, 0.1) is 0 Å². The maximum atomic E-state index is 9.56. The highest BCUT2D eigenvalue weighted by molar-refractivity contribution is 5.48. The molecule has 0 aliphatic carbocycles. The van der Waals surface area contributed by atoms with Gasteiger partial charge in [0.2, 0.25) is 0 Å². The quantitative estimate of drug-likeness (QED) is 0.423. The van der Waals surface area contributed by atoms with Crippen LogP contribution in [0.3, 0.4) is 0 Å². The molecule has 0 saturated carbocycles. The van der Waals surface area contributed by atoms with Crippen molar-refractivity contribution >= 4 is 6.29 Å². The average Bonchev–Trinajstić information content (AvgIpc) is 2.24. The van der Waals surface area contributed by atoms with Crippen LogP contribution < -0.4 is 17.2 Å². The second-order valence-electron chi connectivity index (χ2n) is 1.31. The van der Waals surface area contributed by atoms with Crippen molar-refractivity contribution in [3.8, 4) is 0 Å². The van der Waals surface area contributed by atoms with Gasteiger partial charge in [0.1, 0.15) is 6.29 Å². The summed E-state index contributed by atoms with van der Waals surface area (Å²) in [5.74, 6) is 0. The fourth-order valence-corrected chi connectivity index (χ4v) is 0.287. The number of rotatable bonds is 3. The van der Waals surface area contributed by atoms with Crippen molar-refractivity contribution in [3.05, 3.63) is 0 Å². The zero-order valence-electron chi connectivity index (χ0n) is 8.84. The molecule has 0 aliphatic heterocycles. The lowest BCUT2D eigenvalue weighted by Gasteiger charge is -1.79. The predicted octanol–water partition coefficient (Wildman–Crippen LogP) is 0.100.